The van der Waals surface area contributed by atoms with E-state index in [-0.39, 0.29) is 5.56 Å². The van der Waals surface area contributed by atoms with E-state index in [0.29, 0.717) is 12.0 Å². The molecule has 21 heavy (non-hydrogen) atoms. The first-order chi connectivity index (χ1) is 10.1. The maximum Gasteiger partial charge on any atom is 0.263 e. The van der Waals surface area contributed by atoms with Crippen LogP contribution in [0.3, 0.4) is 0 Å². The van der Waals surface area contributed by atoms with Gasteiger partial charge in [0.15, 0.2) is 0 Å². The zero-order valence-electron chi connectivity index (χ0n) is 13.0. The van der Waals surface area contributed by atoms with E-state index in [4.69, 9.17) is 0 Å². The molecule has 0 bridgehead atoms. The molecule has 2 atom stereocenters. The van der Waals surface area contributed by atoms with Gasteiger partial charge in [0.2, 0.25) is 0 Å². The fourth-order valence-corrected chi connectivity index (χ4v) is 3.30. The number of hydrogen-bond donors (Lipinski definition) is 1. The normalized spacial score (nSPS) is 23.7. The molecule has 0 amide bonds. The van der Waals surface area contributed by atoms with Crippen LogP contribution in [0.2, 0.25) is 0 Å². The van der Waals surface area contributed by atoms with Crippen molar-refractivity contribution in [3.8, 4) is 0 Å². The molecule has 1 fully saturated rings. The van der Waals surface area contributed by atoms with Gasteiger partial charge in [-0.25, -0.2) is 8.78 Å². The number of nitrogens with one attached hydrogen (secondary N) is 1. The zero-order chi connectivity index (χ0) is 15.2. The van der Waals surface area contributed by atoms with Crippen LogP contribution in [-0.2, 0) is 0 Å². The smallest absolute Gasteiger partial charge is 0.263 e. The lowest BCUT2D eigenvalue weighted by atomic mass is 9.84. The fraction of sp³-hybridized carbons (Fsp3) is 0.647. The van der Waals surface area contributed by atoms with E-state index in [1.54, 1.807) is 12.1 Å². The number of nitrogens with zero attached hydrogens (tertiary/aromatic N) is 1. The molecule has 1 aromatic rings. The van der Waals surface area contributed by atoms with Crippen molar-refractivity contribution in [1.29, 1.82) is 0 Å². The maximum absolute atomic E-state index is 12.7. The third-order valence-corrected chi connectivity index (χ3v) is 4.37. The van der Waals surface area contributed by atoms with E-state index in [0.717, 1.165) is 31.6 Å². The number of alkyl halides is 2. The third-order valence-electron chi connectivity index (χ3n) is 4.37. The number of hydrogen-bond acceptors (Lipinski definition) is 2. The van der Waals surface area contributed by atoms with Crippen LogP contribution in [0, 0.1) is 5.92 Å². The van der Waals surface area contributed by atoms with Crippen LogP contribution in [0.25, 0.3) is 0 Å². The summed E-state index contributed by atoms with van der Waals surface area (Å²) in [5.41, 5.74) is 1.27. The van der Waals surface area contributed by atoms with Crippen LogP contribution in [0.5, 0.6) is 0 Å². The fourth-order valence-electron chi connectivity index (χ4n) is 3.30. The van der Waals surface area contributed by atoms with Crippen molar-refractivity contribution in [3.63, 3.8) is 0 Å². The molecule has 0 spiro atoms. The van der Waals surface area contributed by atoms with E-state index in [1.807, 2.05) is 12.1 Å². The molecule has 0 aromatic heterocycles. The predicted octanol–water partition coefficient (Wildman–Crippen LogP) is 4.01. The van der Waals surface area contributed by atoms with Gasteiger partial charge >= 0.3 is 0 Å². The Kier molecular flexibility index (Phi) is 6.12. The largest absolute Gasteiger partial charge is 0.316 e. The number of likely N-dealkylation sites (tertiary alicyclic amines) is 1. The Morgan fingerprint density at radius 2 is 2.00 bits per heavy atom. The first kappa shape index (κ1) is 16.4. The predicted molar refractivity (Wildman–Crippen MR) is 82.7 cm³/mol. The van der Waals surface area contributed by atoms with Gasteiger partial charge < -0.3 is 5.32 Å². The van der Waals surface area contributed by atoms with Gasteiger partial charge in [-0.3, -0.25) is 4.90 Å². The molecule has 0 radical (unpaired) electrons. The molecular weight excluding hydrogens is 270 g/mol. The Balaban J connectivity index is 2.11. The first-order valence-electron chi connectivity index (χ1n) is 7.92. The standard InChI is InChI=1S/C17H26F2N2/c1-3-10-20-12-15-5-4-11-21(2)16(15)13-6-8-14(9-7-13)17(18)19/h6-9,15-17,20H,3-5,10-12H2,1-2H3. The highest BCUT2D eigenvalue weighted by molar-refractivity contribution is 5.26. The lowest BCUT2D eigenvalue weighted by Crippen LogP contribution is -2.40. The monoisotopic (exact) mass is 296 g/mol. The second-order valence-electron chi connectivity index (χ2n) is 6.00. The molecule has 0 saturated carbocycles. The quantitative estimate of drug-likeness (QED) is 0.798. The number of piperidine rings is 1. The summed E-state index contributed by atoms with van der Waals surface area (Å²) >= 11 is 0. The summed E-state index contributed by atoms with van der Waals surface area (Å²) in [5, 5.41) is 3.51. The van der Waals surface area contributed by atoms with Gasteiger partial charge in [0, 0.05) is 11.6 Å². The van der Waals surface area contributed by atoms with Gasteiger partial charge in [-0.15, -0.1) is 0 Å². The van der Waals surface area contributed by atoms with Crippen LogP contribution >= 0.6 is 0 Å². The van der Waals surface area contributed by atoms with Gasteiger partial charge in [0.05, 0.1) is 0 Å². The zero-order valence-corrected chi connectivity index (χ0v) is 13.0. The highest BCUT2D eigenvalue weighted by atomic mass is 19.3. The highest BCUT2D eigenvalue weighted by Crippen LogP contribution is 2.35. The Morgan fingerprint density at radius 3 is 2.62 bits per heavy atom. The lowest BCUT2D eigenvalue weighted by molar-refractivity contribution is 0.119. The van der Waals surface area contributed by atoms with E-state index in [9.17, 15) is 8.78 Å². The minimum atomic E-state index is -2.38. The third kappa shape index (κ3) is 4.24. The van der Waals surface area contributed by atoms with Crippen molar-refractivity contribution in [2.45, 2.75) is 38.7 Å². The van der Waals surface area contributed by atoms with Crippen LogP contribution in [-0.4, -0.2) is 31.6 Å². The van der Waals surface area contributed by atoms with Crippen LogP contribution in [0.15, 0.2) is 24.3 Å². The molecule has 118 valence electrons. The second-order valence-corrected chi connectivity index (χ2v) is 6.00. The van der Waals surface area contributed by atoms with Crippen molar-refractivity contribution in [2.75, 3.05) is 26.7 Å². The summed E-state index contributed by atoms with van der Waals surface area (Å²) < 4.78 is 25.4. The first-order valence-corrected chi connectivity index (χ1v) is 7.92. The summed E-state index contributed by atoms with van der Waals surface area (Å²) in [4.78, 5) is 2.36. The number of halogens is 2. The summed E-state index contributed by atoms with van der Waals surface area (Å²) in [6, 6.07) is 7.22. The maximum atomic E-state index is 12.7. The van der Waals surface area contributed by atoms with Crippen molar-refractivity contribution < 1.29 is 8.78 Å². The minimum Gasteiger partial charge on any atom is -0.316 e. The molecule has 1 aliphatic heterocycles. The van der Waals surface area contributed by atoms with Gasteiger partial charge in [-0.1, -0.05) is 31.2 Å². The van der Waals surface area contributed by atoms with E-state index in [1.165, 1.54) is 12.8 Å². The van der Waals surface area contributed by atoms with Crippen LogP contribution < -0.4 is 5.32 Å². The second kappa shape index (κ2) is 7.85. The van der Waals surface area contributed by atoms with Gasteiger partial charge in [-0.05, 0) is 57.4 Å². The molecule has 2 unspecified atom stereocenters. The molecule has 1 aromatic carbocycles. The Bertz CT molecular complexity index is 419. The van der Waals surface area contributed by atoms with Crippen LogP contribution in [0.4, 0.5) is 8.78 Å². The molecule has 0 aliphatic carbocycles. The number of rotatable bonds is 6. The highest BCUT2D eigenvalue weighted by Gasteiger charge is 2.30. The Hall–Kier alpha value is -1.00. The van der Waals surface area contributed by atoms with Crippen LogP contribution in [0.1, 0.15) is 49.8 Å². The molecule has 1 N–H and O–H groups in total. The van der Waals surface area contributed by atoms with Gasteiger partial charge in [-0.2, -0.15) is 0 Å². The molecule has 4 heteroatoms. The van der Waals surface area contributed by atoms with Gasteiger partial charge in [0.1, 0.15) is 0 Å². The summed E-state index contributed by atoms with van der Waals surface area (Å²) in [5.74, 6) is 0.549. The Morgan fingerprint density at radius 1 is 1.29 bits per heavy atom. The number of benzene rings is 1. The van der Waals surface area contributed by atoms with Crippen molar-refractivity contribution >= 4 is 0 Å². The minimum absolute atomic E-state index is 0.109. The van der Waals surface area contributed by atoms with E-state index < -0.39 is 6.43 Å². The average Bonchev–Trinajstić information content (AvgIpc) is 2.48. The van der Waals surface area contributed by atoms with Crippen molar-refractivity contribution in [1.82, 2.24) is 10.2 Å². The van der Waals surface area contributed by atoms with Gasteiger partial charge in [0.25, 0.3) is 6.43 Å². The van der Waals surface area contributed by atoms with E-state index in [2.05, 4.69) is 24.2 Å². The molecular formula is C17H26F2N2. The lowest BCUT2D eigenvalue weighted by Gasteiger charge is -2.40. The molecule has 2 rings (SSSR count). The van der Waals surface area contributed by atoms with E-state index >= 15 is 0 Å². The van der Waals surface area contributed by atoms with Crippen molar-refractivity contribution in [3.05, 3.63) is 35.4 Å². The summed E-state index contributed by atoms with van der Waals surface area (Å²) in [6.45, 7) is 5.28. The topological polar surface area (TPSA) is 15.3 Å². The Labute approximate surface area is 126 Å². The summed E-state index contributed by atoms with van der Waals surface area (Å²) in [6.07, 6.45) is 1.16. The molecule has 1 saturated heterocycles. The molecule has 1 aliphatic rings. The SMILES string of the molecule is CCCNCC1CCCN(C)C1c1ccc(C(F)F)cc1. The molecule has 1 heterocycles. The summed E-state index contributed by atoms with van der Waals surface area (Å²) in [7, 11) is 2.14. The average molecular weight is 296 g/mol. The molecule has 2 nitrogen and oxygen atoms in total. The van der Waals surface area contributed by atoms with Crippen molar-refractivity contribution in [2.24, 2.45) is 5.92 Å².